The van der Waals surface area contributed by atoms with Gasteiger partial charge < -0.3 is 10.5 Å². The van der Waals surface area contributed by atoms with Crippen LogP contribution in [0.3, 0.4) is 0 Å². The van der Waals surface area contributed by atoms with Gasteiger partial charge in [0.05, 0.1) is 27.6 Å². The third-order valence-corrected chi connectivity index (χ3v) is 10.3. The van der Waals surface area contributed by atoms with Gasteiger partial charge in [-0.3, -0.25) is 14.8 Å². The molecule has 0 aromatic carbocycles. The van der Waals surface area contributed by atoms with E-state index < -0.39 is 43.5 Å². The second-order valence-corrected chi connectivity index (χ2v) is 12.2. The molecular weight excluding hydrogens is 483 g/mol. The second kappa shape index (κ2) is 8.89. The van der Waals surface area contributed by atoms with Crippen LogP contribution in [-0.4, -0.2) is 48.9 Å². The molecule has 2 aromatic rings. The quantitative estimate of drug-likeness (QED) is 0.594. The van der Waals surface area contributed by atoms with Crippen LogP contribution in [-0.2, 0) is 21.7 Å². The first-order valence-corrected chi connectivity index (χ1v) is 12.6. The number of amidine groups is 1. The molecule has 0 saturated carbocycles. The zero-order chi connectivity index (χ0) is 25.6. The number of hydrogen-bond acceptors (Lipinski definition) is 8. The number of pyridine rings is 2. The minimum atomic E-state index is -3.00. The molecule has 2 N–H and O–H groups in total. The van der Waals surface area contributed by atoms with Crippen molar-refractivity contribution < 1.29 is 26.9 Å². The number of ketones is 1. The smallest absolute Gasteiger partial charge is 0.387 e. The number of hydrogen-bond donors (Lipinski definition) is 1. The summed E-state index contributed by atoms with van der Waals surface area (Å²) >= 11 is 0. The molecule has 0 bridgehead atoms. The van der Waals surface area contributed by atoms with Crippen LogP contribution < -0.4 is 10.5 Å². The summed E-state index contributed by atoms with van der Waals surface area (Å²) in [5.41, 5.74) is 5.12. The number of rotatable bonds is 6. The van der Waals surface area contributed by atoms with E-state index in [9.17, 15) is 17.8 Å². The summed E-state index contributed by atoms with van der Waals surface area (Å²) in [4.78, 5) is 25.6. The zero-order valence-electron chi connectivity index (χ0n) is 19.5. The second-order valence-electron chi connectivity index (χ2n) is 9.20. The fourth-order valence-corrected chi connectivity index (χ4v) is 7.79. The molecule has 0 fully saturated rings. The van der Waals surface area contributed by atoms with Crippen molar-refractivity contribution >= 4 is 21.3 Å². The molecule has 0 aliphatic carbocycles. The van der Waals surface area contributed by atoms with Crippen LogP contribution in [0.4, 0.5) is 13.2 Å². The Morgan fingerprint density at radius 1 is 1.26 bits per heavy atom. The van der Waals surface area contributed by atoms with E-state index in [0.29, 0.717) is 19.4 Å². The number of carbonyl (C=O) groups is 1. The lowest BCUT2D eigenvalue weighted by Gasteiger charge is -2.47. The molecule has 12 heteroatoms. The number of aromatic nitrogens is 2. The molecule has 2 aliphatic rings. The van der Waals surface area contributed by atoms with Gasteiger partial charge in [0.2, 0.25) is 0 Å². The first kappa shape index (κ1) is 25.1. The van der Waals surface area contributed by atoms with Gasteiger partial charge in [0.15, 0.2) is 5.78 Å². The number of halogens is 3. The summed E-state index contributed by atoms with van der Waals surface area (Å²) < 4.78 is 61.6. The van der Waals surface area contributed by atoms with E-state index in [2.05, 4.69) is 24.1 Å². The van der Waals surface area contributed by atoms with E-state index in [-0.39, 0.29) is 35.1 Å². The number of nitrogens with two attached hydrogens (primary N) is 1. The maximum atomic E-state index is 15.1. The summed E-state index contributed by atoms with van der Waals surface area (Å²) in [6.45, 7) is 2.55. The van der Waals surface area contributed by atoms with Gasteiger partial charge in [-0.25, -0.2) is 17.9 Å². The molecule has 0 amide bonds. The van der Waals surface area contributed by atoms with E-state index in [0.717, 1.165) is 6.20 Å². The Balaban J connectivity index is 1.69. The maximum Gasteiger partial charge on any atom is 0.387 e. The molecular formula is C23H26F3N5O3S. The summed E-state index contributed by atoms with van der Waals surface area (Å²) in [5.74, 6) is -1.17. The van der Waals surface area contributed by atoms with Crippen LogP contribution in [0.15, 0.2) is 39.8 Å². The molecule has 2 aromatic heterocycles. The number of ether oxygens (including phenoxy) is 1. The number of Topliss-reactive ketones (excluding diaryl/α,β-unsaturated/α-hetero) is 1. The lowest BCUT2D eigenvalue weighted by molar-refractivity contribution is -0.0500. The maximum absolute atomic E-state index is 15.1. The average Bonchev–Trinajstić information content (AvgIpc) is 2.79. The lowest BCUT2D eigenvalue weighted by atomic mass is 9.88. The zero-order valence-corrected chi connectivity index (χ0v) is 20.3. The van der Waals surface area contributed by atoms with Crippen molar-refractivity contribution in [1.82, 2.24) is 9.97 Å². The largest absolute Gasteiger partial charge is 0.433 e. The highest BCUT2D eigenvalue weighted by Crippen LogP contribution is 2.46. The molecule has 0 spiro atoms. The SMILES string of the molecule is CC1(C)C(N)=N[C@](C)(c2nc(CC(=O)c3ccc(OC(F)F)cn3)ccc2F)[C@H]2CCCN=[S@@]21=O. The first-order chi connectivity index (χ1) is 16.4. The summed E-state index contributed by atoms with van der Waals surface area (Å²) in [6, 6.07) is 5.04. The van der Waals surface area contributed by atoms with Crippen LogP contribution in [0, 0.1) is 5.82 Å². The van der Waals surface area contributed by atoms with E-state index in [1.54, 1.807) is 20.8 Å². The Hall–Kier alpha value is -3.02. The average molecular weight is 510 g/mol. The van der Waals surface area contributed by atoms with Gasteiger partial charge in [-0.15, -0.1) is 0 Å². The number of nitrogens with zero attached hydrogens (tertiary/aromatic N) is 4. The molecule has 35 heavy (non-hydrogen) atoms. The molecule has 0 saturated heterocycles. The molecule has 4 rings (SSSR count). The van der Waals surface area contributed by atoms with Gasteiger partial charge in [0, 0.05) is 12.2 Å². The van der Waals surface area contributed by atoms with E-state index in [1.165, 1.54) is 24.3 Å². The van der Waals surface area contributed by atoms with E-state index >= 15 is 4.39 Å². The number of carbonyl (C=O) groups excluding carboxylic acids is 1. The third kappa shape index (κ3) is 4.28. The van der Waals surface area contributed by atoms with Crippen molar-refractivity contribution in [2.24, 2.45) is 15.1 Å². The van der Waals surface area contributed by atoms with Crippen LogP contribution in [0.2, 0.25) is 0 Å². The van der Waals surface area contributed by atoms with Crippen molar-refractivity contribution in [3.05, 3.63) is 53.4 Å². The minimum Gasteiger partial charge on any atom is -0.433 e. The highest BCUT2D eigenvalue weighted by atomic mass is 32.2. The Morgan fingerprint density at radius 2 is 2.00 bits per heavy atom. The predicted molar refractivity (Wildman–Crippen MR) is 125 cm³/mol. The Labute approximate surface area is 201 Å². The number of fused-ring (bicyclic) bond motifs is 1. The molecule has 8 nitrogen and oxygen atoms in total. The van der Waals surface area contributed by atoms with E-state index in [1.807, 2.05) is 0 Å². The minimum absolute atomic E-state index is 0.0151. The Morgan fingerprint density at radius 3 is 2.66 bits per heavy atom. The highest BCUT2D eigenvalue weighted by molar-refractivity contribution is 7.96. The fraction of sp³-hybridized carbons (Fsp3) is 0.478. The van der Waals surface area contributed by atoms with Crippen molar-refractivity contribution in [1.29, 1.82) is 0 Å². The molecule has 3 atom stereocenters. The Bertz CT molecular complexity index is 1310. The monoisotopic (exact) mass is 509 g/mol. The van der Waals surface area contributed by atoms with Gasteiger partial charge in [-0.2, -0.15) is 8.78 Å². The molecule has 188 valence electrons. The van der Waals surface area contributed by atoms with Gasteiger partial charge >= 0.3 is 6.61 Å². The third-order valence-electron chi connectivity index (χ3n) is 6.59. The topological polar surface area (TPSA) is 120 Å². The standard InChI is InChI=1S/C23H26F3N5O3S/c1-22(2)20(27)31-23(3,18-5-4-10-29-35(18,22)33)19-15(24)8-6-13(30-19)11-17(32)16-9-7-14(12-28-16)34-21(25)26/h6-9,12,18,21H,4-5,10-11H2,1-3H3,(H2,27,31)/t18-,23+,35-/m1/s1. The van der Waals surface area contributed by atoms with Crippen molar-refractivity contribution in [3.63, 3.8) is 0 Å². The van der Waals surface area contributed by atoms with Gasteiger partial charge in [-0.1, -0.05) is 0 Å². The van der Waals surface area contributed by atoms with Gasteiger partial charge in [0.25, 0.3) is 0 Å². The van der Waals surface area contributed by atoms with Crippen LogP contribution in [0.5, 0.6) is 5.75 Å². The number of aliphatic imine (C=N–C) groups is 1. The molecule has 2 aliphatic heterocycles. The summed E-state index contributed by atoms with van der Waals surface area (Å²) in [6.07, 6.45) is 1.99. The van der Waals surface area contributed by atoms with Gasteiger partial charge in [0.1, 0.15) is 39.1 Å². The predicted octanol–water partition coefficient (Wildman–Crippen LogP) is 3.64. The molecule has 4 heterocycles. The van der Waals surface area contributed by atoms with Crippen LogP contribution >= 0.6 is 0 Å². The Kier molecular flexibility index (Phi) is 6.37. The van der Waals surface area contributed by atoms with Crippen LogP contribution in [0.1, 0.15) is 55.5 Å². The fourth-order valence-electron chi connectivity index (χ4n) is 4.56. The van der Waals surface area contributed by atoms with Crippen molar-refractivity contribution in [2.75, 3.05) is 6.54 Å². The van der Waals surface area contributed by atoms with Crippen LogP contribution in [0.25, 0.3) is 0 Å². The van der Waals surface area contributed by atoms with Crippen molar-refractivity contribution in [2.45, 2.75) is 62.2 Å². The molecule has 0 radical (unpaired) electrons. The normalized spacial score (nSPS) is 27.5. The first-order valence-electron chi connectivity index (χ1n) is 11.1. The lowest BCUT2D eigenvalue weighted by Crippen LogP contribution is -2.60. The number of alkyl halides is 2. The van der Waals surface area contributed by atoms with Crippen molar-refractivity contribution in [3.8, 4) is 5.75 Å². The van der Waals surface area contributed by atoms with E-state index in [4.69, 9.17) is 5.73 Å². The van der Waals surface area contributed by atoms with Gasteiger partial charge in [-0.05, 0) is 57.9 Å². The molecule has 0 unspecified atom stereocenters. The summed E-state index contributed by atoms with van der Waals surface area (Å²) in [7, 11) is -2.90. The highest BCUT2D eigenvalue weighted by Gasteiger charge is 2.56. The summed E-state index contributed by atoms with van der Waals surface area (Å²) in [5, 5.41) is -0.608.